The summed E-state index contributed by atoms with van der Waals surface area (Å²) in [5.41, 5.74) is -0.534. The van der Waals surface area contributed by atoms with Gasteiger partial charge in [-0.1, -0.05) is 19.8 Å². The molecule has 0 aromatic carbocycles. The predicted molar refractivity (Wildman–Crippen MR) is 97.0 cm³/mol. The SMILES string of the molecule is CCC(=O)CCCCC[C@@H](c1ncc(Br)[nH]1)N(C(=O)O)C(C)(C)C. The van der Waals surface area contributed by atoms with Crippen molar-refractivity contribution >= 4 is 27.8 Å². The number of aromatic nitrogens is 2. The van der Waals surface area contributed by atoms with Crippen molar-refractivity contribution in [3.05, 3.63) is 16.6 Å². The molecule has 1 aromatic rings. The fourth-order valence-corrected chi connectivity index (χ4v) is 3.08. The molecule has 0 unspecified atom stereocenters. The Kier molecular flexibility index (Phi) is 7.93. The zero-order valence-electron chi connectivity index (χ0n) is 14.9. The topological polar surface area (TPSA) is 86.3 Å². The molecule has 1 amide bonds. The third kappa shape index (κ3) is 6.26. The van der Waals surface area contributed by atoms with Crippen LogP contribution in [0.1, 0.15) is 78.1 Å². The number of hydrogen-bond donors (Lipinski definition) is 2. The van der Waals surface area contributed by atoms with Crippen molar-refractivity contribution in [2.24, 2.45) is 0 Å². The first-order valence-corrected chi connectivity index (χ1v) is 9.20. The van der Waals surface area contributed by atoms with Gasteiger partial charge in [0.25, 0.3) is 0 Å². The molecular formula is C17H28BrN3O3. The summed E-state index contributed by atoms with van der Waals surface area (Å²) in [4.78, 5) is 32.0. The predicted octanol–water partition coefficient (Wildman–Crippen LogP) is 4.92. The molecule has 24 heavy (non-hydrogen) atoms. The number of ketones is 1. The van der Waals surface area contributed by atoms with Crippen LogP contribution in [-0.2, 0) is 4.79 Å². The van der Waals surface area contributed by atoms with Crippen LogP contribution >= 0.6 is 15.9 Å². The third-order valence-electron chi connectivity index (χ3n) is 3.95. The van der Waals surface area contributed by atoms with Gasteiger partial charge in [-0.25, -0.2) is 9.78 Å². The van der Waals surface area contributed by atoms with Gasteiger partial charge in [-0.2, -0.15) is 0 Å². The highest BCUT2D eigenvalue weighted by Gasteiger charge is 2.35. The molecule has 0 saturated heterocycles. The number of imidazole rings is 1. The number of unbranched alkanes of at least 4 members (excludes halogenated alkanes) is 2. The number of halogens is 1. The minimum atomic E-state index is -0.957. The molecule has 1 atom stereocenters. The van der Waals surface area contributed by atoms with Crippen LogP contribution < -0.4 is 0 Å². The molecule has 0 fully saturated rings. The number of carbonyl (C=O) groups excluding carboxylic acids is 1. The number of nitrogens with one attached hydrogen (secondary N) is 1. The quantitative estimate of drug-likeness (QED) is 0.574. The van der Waals surface area contributed by atoms with E-state index in [1.165, 1.54) is 4.90 Å². The fraction of sp³-hybridized carbons (Fsp3) is 0.706. The van der Waals surface area contributed by atoms with E-state index in [9.17, 15) is 14.7 Å². The first-order chi connectivity index (χ1) is 11.2. The number of carbonyl (C=O) groups is 2. The van der Waals surface area contributed by atoms with E-state index in [-0.39, 0.29) is 11.8 Å². The van der Waals surface area contributed by atoms with Gasteiger partial charge in [-0.3, -0.25) is 9.69 Å². The van der Waals surface area contributed by atoms with Crippen LogP contribution in [0.2, 0.25) is 0 Å². The van der Waals surface area contributed by atoms with Gasteiger partial charge < -0.3 is 10.1 Å². The molecule has 6 nitrogen and oxygen atoms in total. The van der Waals surface area contributed by atoms with E-state index in [0.717, 1.165) is 23.9 Å². The highest BCUT2D eigenvalue weighted by atomic mass is 79.9. The second-order valence-corrected chi connectivity index (χ2v) is 7.80. The smallest absolute Gasteiger partial charge is 0.408 e. The lowest BCUT2D eigenvalue weighted by atomic mass is 9.98. The Balaban J connectivity index is 2.79. The normalized spacial score (nSPS) is 12.9. The maximum Gasteiger partial charge on any atom is 0.408 e. The average molecular weight is 402 g/mol. The summed E-state index contributed by atoms with van der Waals surface area (Å²) in [5.74, 6) is 0.923. The third-order valence-corrected chi connectivity index (χ3v) is 4.35. The van der Waals surface area contributed by atoms with Gasteiger partial charge in [0, 0.05) is 18.4 Å². The minimum absolute atomic E-state index is 0.281. The Bertz CT molecular complexity index is 552. The Morgan fingerprint density at radius 3 is 2.46 bits per heavy atom. The number of aromatic amines is 1. The van der Waals surface area contributed by atoms with Gasteiger partial charge >= 0.3 is 6.09 Å². The summed E-state index contributed by atoms with van der Waals surface area (Å²) in [6.07, 6.45) is 5.15. The van der Waals surface area contributed by atoms with Crippen LogP contribution in [0.3, 0.4) is 0 Å². The molecule has 0 radical (unpaired) electrons. The van der Waals surface area contributed by atoms with E-state index in [0.29, 0.717) is 25.1 Å². The molecule has 0 aliphatic carbocycles. The highest BCUT2D eigenvalue weighted by molar-refractivity contribution is 9.10. The summed E-state index contributed by atoms with van der Waals surface area (Å²) < 4.78 is 0.732. The zero-order chi connectivity index (χ0) is 18.3. The second kappa shape index (κ2) is 9.20. The van der Waals surface area contributed by atoms with Crippen LogP contribution in [0.15, 0.2) is 10.8 Å². The molecular weight excluding hydrogens is 374 g/mol. The molecule has 0 aliphatic heterocycles. The number of carboxylic acid groups (broad SMARTS) is 1. The van der Waals surface area contributed by atoms with E-state index in [1.807, 2.05) is 27.7 Å². The molecule has 1 aromatic heterocycles. The molecule has 0 aliphatic rings. The Morgan fingerprint density at radius 2 is 2.00 bits per heavy atom. The lowest BCUT2D eigenvalue weighted by Crippen LogP contribution is -2.47. The number of amides is 1. The molecule has 2 N–H and O–H groups in total. The lowest BCUT2D eigenvalue weighted by Gasteiger charge is -2.38. The number of nitrogens with zero attached hydrogens (tertiary/aromatic N) is 2. The van der Waals surface area contributed by atoms with Crippen molar-refractivity contribution in [2.45, 2.75) is 77.8 Å². The standard InChI is InChI=1S/C17H28BrN3O3/c1-5-12(22)9-7-6-8-10-13(15-19-11-14(18)20-15)21(16(23)24)17(2,3)4/h11,13H,5-10H2,1-4H3,(H,19,20)(H,23,24)/t13-/m0/s1. The van der Waals surface area contributed by atoms with E-state index >= 15 is 0 Å². The molecule has 1 heterocycles. The first kappa shape index (κ1) is 20.7. The van der Waals surface area contributed by atoms with Crippen LogP contribution in [0, 0.1) is 0 Å². The Labute approximate surface area is 152 Å². The molecule has 0 saturated carbocycles. The summed E-state index contributed by atoms with van der Waals surface area (Å²) in [6.45, 7) is 7.52. The van der Waals surface area contributed by atoms with Gasteiger partial charge in [-0.15, -0.1) is 0 Å². The molecule has 0 spiro atoms. The van der Waals surface area contributed by atoms with E-state index in [4.69, 9.17) is 0 Å². The summed E-state index contributed by atoms with van der Waals surface area (Å²) in [6, 6.07) is -0.337. The van der Waals surface area contributed by atoms with E-state index < -0.39 is 11.6 Å². The Morgan fingerprint density at radius 1 is 1.33 bits per heavy atom. The van der Waals surface area contributed by atoms with Crippen LogP contribution in [0.4, 0.5) is 4.79 Å². The van der Waals surface area contributed by atoms with E-state index in [2.05, 4.69) is 25.9 Å². The monoisotopic (exact) mass is 401 g/mol. The second-order valence-electron chi connectivity index (χ2n) is 6.95. The average Bonchev–Trinajstić information content (AvgIpc) is 2.89. The molecule has 7 heteroatoms. The number of Topliss-reactive ketones (excluding diaryl/α,β-unsaturated/α-hetero) is 1. The van der Waals surface area contributed by atoms with Gasteiger partial charge in [-0.05, 0) is 49.5 Å². The van der Waals surface area contributed by atoms with Crippen molar-refractivity contribution < 1.29 is 14.7 Å². The summed E-state index contributed by atoms with van der Waals surface area (Å²) in [7, 11) is 0. The largest absolute Gasteiger partial charge is 0.465 e. The number of H-pyrrole nitrogens is 1. The van der Waals surface area contributed by atoms with Crippen LogP contribution in [-0.4, -0.2) is 37.4 Å². The highest BCUT2D eigenvalue weighted by Crippen LogP contribution is 2.32. The van der Waals surface area contributed by atoms with Crippen LogP contribution in [0.5, 0.6) is 0 Å². The van der Waals surface area contributed by atoms with Crippen molar-refractivity contribution in [1.82, 2.24) is 14.9 Å². The van der Waals surface area contributed by atoms with Gasteiger partial charge in [0.2, 0.25) is 0 Å². The minimum Gasteiger partial charge on any atom is -0.465 e. The van der Waals surface area contributed by atoms with E-state index in [1.54, 1.807) is 6.20 Å². The maximum absolute atomic E-state index is 11.8. The zero-order valence-corrected chi connectivity index (χ0v) is 16.5. The van der Waals surface area contributed by atoms with Crippen molar-refractivity contribution in [2.75, 3.05) is 0 Å². The van der Waals surface area contributed by atoms with Gasteiger partial charge in [0.05, 0.1) is 12.2 Å². The number of hydrogen-bond acceptors (Lipinski definition) is 3. The summed E-state index contributed by atoms with van der Waals surface area (Å²) >= 11 is 3.33. The molecule has 0 bridgehead atoms. The Hall–Kier alpha value is -1.37. The lowest BCUT2D eigenvalue weighted by molar-refractivity contribution is -0.118. The van der Waals surface area contributed by atoms with Crippen molar-refractivity contribution in [3.63, 3.8) is 0 Å². The van der Waals surface area contributed by atoms with Gasteiger partial charge in [0.1, 0.15) is 16.2 Å². The fourth-order valence-electron chi connectivity index (χ4n) is 2.77. The molecule has 136 valence electrons. The first-order valence-electron chi connectivity index (χ1n) is 8.41. The maximum atomic E-state index is 11.8. The molecule has 1 rings (SSSR count). The van der Waals surface area contributed by atoms with Crippen LogP contribution in [0.25, 0.3) is 0 Å². The summed E-state index contributed by atoms with van der Waals surface area (Å²) in [5, 5.41) is 9.68. The van der Waals surface area contributed by atoms with Gasteiger partial charge in [0.15, 0.2) is 0 Å². The number of rotatable bonds is 9. The van der Waals surface area contributed by atoms with Crippen molar-refractivity contribution in [3.8, 4) is 0 Å². The van der Waals surface area contributed by atoms with Crippen molar-refractivity contribution in [1.29, 1.82) is 0 Å².